The van der Waals surface area contributed by atoms with E-state index in [9.17, 15) is 23.5 Å². The summed E-state index contributed by atoms with van der Waals surface area (Å²) in [7, 11) is 0. The average molecular weight is 492 g/mol. The Morgan fingerprint density at radius 1 is 1.30 bits per heavy atom. The van der Waals surface area contributed by atoms with Crippen LogP contribution in [0.25, 0.3) is 0 Å². The summed E-state index contributed by atoms with van der Waals surface area (Å²) in [5.41, 5.74) is 1.49. The monoisotopic (exact) mass is 492 g/mol. The summed E-state index contributed by atoms with van der Waals surface area (Å²) in [6, 6.07) is 3.78. The molecule has 27 heavy (non-hydrogen) atoms. The van der Waals surface area contributed by atoms with Crippen LogP contribution in [0.5, 0.6) is 5.75 Å². The molecule has 1 aliphatic carbocycles. The zero-order chi connectivity index (χ0) is 19.8. The van der Waals surface area contributed by atoms with Crippen LogP contribution in [0.1, 0.15) is 46.2 Å². The highest BCUT2D eigenvalue weighted by molar-refractivity contribution is 14.1. The van der Waals surface area contributed by atoms with E-state index in [4.69, 9.17) is 14.3 Å². The van der Waals surface area contributed by atoms with Gasteiger partial charge in [-0.15, -0.1) is 0 Å². The van der Waals surface area contributed by atoms with Gasteiger partial charge in [0.2, 0.25) is 6.10 Å². The highest BCUT2D eigenvalue weighted by atomic mass is 127. The summed E-state index contributed by atoms with van der Waals surface area (Å²) in [5.74, 6) is -8.99. The zero-order valence-corrected chi connectivity index (χ0v) is 16.0. The van der Waals surface area contributed by atoms with E-state index in [1.165, 1.54) is 12.1 Å². The Hall–Kier alpha value is -2.17. The maximum Gasteiger partial charge on any atom is 0.385 e. The summed E-state index contributed by atoms with van der Waals surface area (Å²) in [4.78, 5) is 23.5. The molecule has 2 N–H and O–H groups in total. The van der Waals surface area contributed by atoms with Gasteiger partial charge in [-0.1, -0.05) is 0 Å². The second-order valence-corrected chi connectivity index (χ2v) is 7.24. The van der Waals surface area contributed by atoms with Crippen LogP contribution in [-0.2, 0) is 22.4 Å². The summed E-state index contributed by atoms with van der Waals surface area (Å²) < 4.78 is 38.3. The number of phenolic OH excluding ortho intramolecular Hbond substituents is 1. The molecular formula is C18H15F2IO6. The first-order valence-corrected chi connectivity index (χ1v) is 9.20. The van der Waals surface area contributed by atoms with Crippen molar-refractivity contribution < 1.29 is 37.7 Å². The van der Waals surface area contributed by atoms with Crippen molar-refractivity contribution in [1.29, 1.82) is 0 Å². The van der Waals surface area contributed by atoms with Crippen molar-refractivity contribution >= 4 is 34.5 Å². The number of alkyl halides is 2. The molecule has 0 spiro atoms. The van der Waals surface area contributed by atoms with Crippen LogP contribution in [0.2, 0.25) is 0 Å². The fraction of sp³-hybridized carbons (Fsp3) is 0.333. The van der Waals surface area contributed by atoms with Gasteiger partial charge in [0.1, 0.15) is 11.3 Å². The average Bonchev–Trinajstić information content (AvgIpc) is 3.16. The first-order chi connectivity index (χ1) is 12.7. The van der Waals surface area contributed by atoms with Gasteiger partial charge in [-0.05, 0) is 77.6 Å². The lowest BCUT2D eigenvalue weighted by atomic mass is 9.90. The number of hydrogen-bond donors (Lipinski definition) is 2. The number of hydrogen-bond acceptors (Lipinski definition) is 5. The first-order valence-electron chi connectivity index (χ1n) is 8.12. The Kier molecular flexibility index (Phi) is 5.41. The number of esters is 1. The van der Waals surface area contributed by atoms with Gasteiger partial charge in [-0.25, -0.2) is 9.59 Å². The van der Waals surface area contributed by atoms with Crippen LogP contribution in [0.4, 0.5) is 8.78 Å². The molecule has 3 rings (SSSR count). The quantitative estimate of drug-likeness (QED) is 0.483. The van der Waals surface area contributed by atoms with E-state index in [0.717, 1.165) is 42.7 Å². The maximum atomic E-state index is 14.1. The van der Waals surface area contributed by atoms with Crippen molar-refractivity contribution in [3.8, 4) is 5.75 Å². The molecule has 1 aromatic carbocycles. The van der Waals surface area contributed by atoms with Gasteiger partial charge in [0.15, 0.2) is 5.76 Å². The van der Waals surface area contributed by atoms with E-state index in [1.54, 1.807) is 0 Å². The summed E-state index contributed by atoms with van der Waals surface area (Å²) in [6.45, 7) is 0. The van der Waals surface area contributed by atoms with Gasteiger partial charge in [-0.3, -0.25) is 0 Å². The zero-order valence-electron chi connectivity index (χ0n) is 13.9. The second-order valence-electron chi connectivity index (χ2n) is 6.16. The molecule has 2 aromatic rings. The Morgan fingerprint density at radius 2 is 2.00 bits per heavy atom. The van der Waals surface area contributed by atoms with Gasteiger partial charge >= 0.3 is 17.9 Å². The number of aromatic hydroxyl groups is 1. The van der Waals surface area contributed by atoms with Crippen molar-refractivity contribution in [2.24, 2.45) is 0 Å². The minimum Gasteiger partial charge on any atom is -0.506 e. The first kappa shape index (κ1) is 19.6. The third kappa shape index (κ3) is 3.64. The molecule has 1 aromatic heterocycles. The number of ether oxygens (including phenoxy) is 1. The normalized spacial score (nSPS) is 15.1. The molecule has 6 nitrogen and oxygen atoms in total. The molecule has 9 heteroatoms. The van der Waals surface area contributed by atoms with Crippen LogP contribution in [0.3, 0.4) is 0 Å². The number of benzene rings is 1. The molecule has 0 saturated carbocycles. The van der Waals surface area contributed by atoms with E-state index in [0.29, 0.717) is 9.99 Å². The molecule has 0 saturated heterocycles. The number of aliphatic carboxylic acids is 1. The van der Waals surface area contributed by atoms with Crippen LogP contribution in [0.15, 0.2) is 28.9 Å². The van der Waals surface area contributed by atoms with E-state index >= 15 is 0 Å². The number of phenols is 1. The molecule has 1 atom stereocenters. The summed E-state index contributed by atoms with van der Waals surface area (Å²) in [6.07, 6.45) is 1.91. The third-order valence-electron chi connectivity index (χ3n) is 4.42. The fourth-order valence-corrected chi connectivity index (χ4v) is 3.94. The highest BCUT2D eigenvalue weighted by Gasteiger charge is 2.53. The molecule has 0 bridgehead atoms. The number of carbonyl (C=O) groups is 2. The van der Waals surface area contributed by atoms with E-state index in [-0.39, 0.29) is 11.3 Å². The van der Waals surface area contributed by atoms with Crippen molar-refractivity contribution in [3.05, 3.63) is 50.5 Å². The lowest BCUT2D eigenvalue weighted by Crippen LogP contribution is -2.38. The number of fused-ring (bicyclic) bond motifs is 1. The van der Waals surface area contributed by atoms with Gasteiger partial charge in [0, 0.05) is 0 Å². The van der Waals surface area contributed by atoms with Crippen molar-refractivity contribution in [2.45, 2.75) is 37.7 Å². The van der Waals surface area contributed by atoms with Crippen molar-refractivity contribution in [1.82, 2.24) is 0 Å². The minimum absolute atomic E-state index is 0.280. The molecule has 0 fully saturated rings. The molecule has 1 unspecified atom stereocenters. The fourth-order valence-electron chi connectivity index (χ4n) is 3.03. The lowest BCUT2D eigenvalue weighted by Gasteiger charge is -2.23. The van der Waals surface area contributed by atoms with Crippen LogP contribution < -0.4 is 0 Å². The lowest BCUT2D eigenvalue weighted by molar-refractivity contribution is -0.185. The number of furan rings is 1. The van der Waals surface area contributed by atoms with Crippen LogP contribution in [-0.4, -0.2) is 28.1 Å². The Bertz CT molecular complexity index is 878. The van der Waals surface area contributed by atoms with Crippen LogP contribution >= 0.6 is 22.6 Å². The molecule has 0 amide bonds. The van der Waals surface area contributed by atoms with Gasteiger partial charge in [0.25, 0.3) is 0 Å². The highest BCUT2D eigenvalue weighted by Crippen LogP contribution is 2.39. The number of carboxylic acid groups (broad SMARTS) is 1. The summed E-state index contributed by atoms with van der Waals surface area (Å²) in [5, 5.41) is 19.2. The number of carbonyl (C=O) groups excluding carboxylic acids is 1. The second kappa shape index (κ2) is 7.45. The number of aryl methyl sites for hydroxylation is 1. The van der Waals surface area contributed by atoms with E-state index in [1.807, 2.05) is 22.6 Å². The molecule has 1 aliphatic rings. The molecular weight excluding hydrogens is 477 g/mol. The smallest absolute Gasteiger partial charge is 0.385 e. The predicted molar refractivity (Wildman–Crippen MR) is 96.9 cm³/mol. The number of halogens is 3. The third-order valence-corrected chi connectivity index (χ3v) is 5.58. The topological polar surface area (TPSA) is 97.0 Å². The van der Waals surface area contributed by atoms with E-state index in [2.05, 4.69) is 0 Å². The number of carboxylic acids is 1. The van der Waals surface area contributed by atoms with Gasteiger partial charge in [0.05, 0.1) is 9.83 Å². The molecule has 1 heterocycles. The standard InChI is InChI=1S/C18H15F2IO6/c19-18(20,17(24)25)15(12-6-3-7-26-12)27-16(23)11-8-9-4-1-2-5-10(9)13(21)14(11)22/h3,6-8,15,22H,1-2,4-5H2,(H,24,25). The minimum atomic E-state index is -4.41. The molecule has 0 aliphatic heterocycles. The van der Waals surface area contributed by atoms with E-state index < -0.39 is 29.7 Å². The number of rotatable bonds is 5. The Labute approximate surface area is 166 Å². The van der Waals surface area contributed by atoms with Crippen molar-refractivity contribution in [2.75, 3.05) is 0 Å². The van der Waals surface area contributed by atoms with Crippen LogP contribution in [0, 0.1) is 3.57 Å². The Balaban J connectivity index is 1.97. The van der Waals surface area contributed by atoms with Gasteiger partial charge < -0.3 is 19.4 Å². The molecule has 0 radical (unpaired) electrons. The largest absolute Gasteiger partial charge is 0.506 e. The SMILES string of the molecule is O=C(OC(c1ccco1)C(F)(F)C(=O)O)c1cc2c(c(I)c1O)CCCC2. The van der Waals surface area contributed by atoms with Gasteiger partial charge in [-0.2, -0.15) is 8.78 Å². The summed E-state index contributed by atoms with van der Waals surface area (Å²) >= 11 is 1.90. The molecule has 144 valence electrons. The predicted octanol–water partition coefficient (Wildman–Crippen LogP) is 4.09. The Morgan fingerprint density at radius 3 is 2.63 bits per heavy atom. The van der Waals surface area contributed by atoms with Crippen molar-refractivity contribution in [3.63, 3.8) is 0 Å². The maximum absolute atomic E-state index is 14.1.